The Morgan fingerprint density at radius 2 is 1.90 bits per heavy atom. The molecule has 1 heterocycles. The summed E-state index contributed by atoms with van der Waals surface area (Å²) < 4.78 is 39.8. The van der Waals surface area contributed by atoms with Crippen molar-refractivity contribution in [2.24, 2.45) is 5.41 Å². The van der Waals surface area contributed by atoms with Gasteiger partial charge in [0.25, 0.3) is 0 Å². The number of aromatic nitrogens is 1. The van der Waals surface area contributed by atoms with Crippen LogP contribution in [-0.2, 0) is 12.6 Å². The van der Waals surface area contributed by atoms with Crippen LogP contribution >= 0.6 is 0 Å². The van der Waals surface area contributed by atoms with Crippen molar-refractivity contribution in [3.63, 3.8) is 0 Å². The van der Waals surface area contributed by atoms with Gasteiger partial charge in [0.1, 0.15) is 6.10 Å². The molecule has 3 atom stereocenters. The molecule has 2 aromatic rings. The lowest BCUT2D eigenvalue weighted by atomic mass is 9.70. The molecule has 0 saturated carbocycles. The van der Waals surface area contributed by atoms with Crippen molar-refractivity contribution in [3.8, 4) is 0 Å². The number of hydrogen-bond donors (Lipinski definition) is 1. The Morgan fingerprint density at radius 1 is 1.23 bits per heavy atom. The number of alkyl halides is 3. The highest BCUT2D eigenvalue weighted by molar-refractivity contribution is 5.73. The number of rotatable bonds is 1. The van der Waals surface area contributed by atoms with Gasteiger partial charge in [0, 0.05) is 17.2 Å². The number of benzene rings is 1. The molecule has 2 aliphatic carbocycles. The van der Waals surface area contributed by atoms with Gasteiger partial charge in [-0.2, -0.15) is 13.2 Å². The van der Waals surface area contributed by atoms with Crippen molar-refractivity contribution < 1.29 is 23.4 Å². The third kappa shape index (κ3) is 3.17. The minimum Gasteiger partial charge on any atom is -0.848 e. The normalized spacial score (nSPS) is 24.6. The highest BCUT2D eigenvalue weighted by Crippen LogP contribution is 2.50. The van der Waals surface area contributed by atoms with E-state index in [1.165, 1.54) is 6.07 Å². The zero-order valence-corrected chi connectivity index (χ0v) is 17.5. The zero-order chi connectivity index (χ0) is 22.2. The molecule has 3 nitrogen and oxygen atoms in total. The molecule has 1 aromatic heterocycles. The summed E-state index contributed by atoms with van der Waals surface area (Å²) in [5.41, 5.74) is 3.48. The Kier molecular flexibility index (Phi) is 4.68. The minimum absolute atomic E-state index is 0.217. The fourth-order valence-electron chi connectivity index (χ4n) is 5.04. The molecule has 2 aliphatic rings. The van der Waals surface area contributed by atoms with Gasteiger partial charge in [-0.05, 0) is 53.1 Å². The van der Waals surface area contributed by atoms with Gasteiger partial charge in [-0.25, -0.2) is 0 Å². The summed E-state index contributed by atoms with van der Waals surface area (Å²) in [5, 5.41) is 24.3. The average molecular weight is 416 g/mol. The quantitative estimate of drug-likeness (QED) is 0.707. The SMILES string of the molecule is C=C(C)c1c2c(nc3c1[C@@H]([O-])CC(C)(C)C3)C(C)c1cc(C(F)(F)F)ccc1[C@H]2O. The second kappa shape index (κ2) is 6.66. The Bertz CT molecular complexity index is 1060. The highest BCUT2D eigenvalue weighted by Gasteiger charge is 2.39. The Hall–Kier alpha value is -2.18. The summed E-state index contributed by atoms with van der Waals surface area (Å²) in [6.45, 7) is 11.7. The predicted molar refractivity (Wildman–Crippen MR) is 107 cm³/mol. The summed E-state index contributed by atoms with van der Waals surface area (Å²) in [4.78, 5) is 4.78. The van der Waals surface area contributed by atoms with Gasteiger partial charge in [-0.3, -0.25) is 4.98 Å². The predicted octanol–water partition coefficient (Wildman–Crippen LogP) is 5.05. The van der Waals surface area contributed by atoms with Gasteiger partial charge < -0.3 is 10.2 Å². The molecule has 1 aromatic carbocycles. The second-order valence-electron chi connectivity index (χ2n) is 9.43. The summed E-state index contributed by atoms with van der Waals surface area (Å²) in [6, 6.07) is 3.43. The van der Waals surface area contributed by atoms with E-state index in [4.69, 9.17) is 4.98 Å². The first-order valence-electron chi connectivity index (χ1n) is 10.1. The van der Waals surface area contributed by atoms with E-state index >= 15 is 0 Å². The average Bonchev–Trinajstić information content (AvgIpc) is 2.62. The largest absolute Gasteiger partial charge is 0.848 e. The molecule has 1 N–H and O–H groups in total. The van der Waals surface area contributed by atoms with E-state index in [-0.39, 0.29) is 5.41 Å². The third-order valence-corrected chi connectivity index (χ3v) is 6.37. The molecule has 30 heavy (non-hydrogen) atoms. The molecule has 0 bridgehead atoms. The number of hydrogen-bond acceptors (Lipinski definition) is 3. The van der Waals surface area contributed by atoms with Gasteiger partial charge in [0.15, 0.2) is 0 Å². The lowest BCUT2D eigenvalue weighted by Crippen LogP contribution is -2.35. The summed E-state index contributed by atoms with van der Waals surface area (Å²) >= 11 is 0. The van der Waals surface area contributed by atoms with E-state index in [1.807, 2.05) is 13.8 Å². The van der Waals surface area contributed by atoms with E-state index in [9.17, 15) is 23.4 Å². The maximum Gasteiger partial charge on any atom is 0.416 e. The fraction of sp³-hybridized carbons (Fsp3) is 0.458. The van der Waals surface area contributed by atoms with Gasteiger partial charge in [-0.15, -0.1) is 0 Å². The van der Waals surface area contributed by atoms with Crippen LogP contribution < -0.4 is 5.11 Å². The minimum atomic E-state index is -4.47. The maximum absolute atomic E-state index is 13.3. The van der Waals surface area contributed by atoms with Crippen LogP contribution in [0.1, 0.15) is 97.0 Å². The molecule has 0 radical (unpaired) electrons. The van der Waals surface area contributed by atoms with E-state index in [0.717, 1.165) is 12.1 Å². The van der Waals surface area contributed by atoms with Crippen molar-refractivity contribution >= 4 is 5.57 Å². The van der Waals surface area contributed by atoms with Gasteiger partial charge in [0.2, 0.25) is 0 Å². The van der Waals surface area contributed by atoms with Crippen molar-refractivity contribution in [1.82, 2.24) is 4.98 Å². The van der Waals surface area contributed by atoms with E-state index in [0.29, 0.717) is 57.6 Å². The summed E-state index contributed by atoms with van der Waals surface area (Å²) in [5.74, 6) is -0.445. The zero-order valence-electron chi connectivity index (χ0n) is 17.5. The van der Waals surface area contributed by atoms with Crippen LogP contribution in [0.5, 0.6) is 0 Å². The molecular weight excluding hydrogens is 391 g/mol. The lowest BCUT2D eigenvalue weighted by molar-refractivity contribution is -0.434. The Labute approximate surface area is 174 Å². The number of pyridine rings is 1. The molecule has 0 spiro atoms. The molecule has 0 amide bonds. The first-order valence-corrected chi connectivity index (χ1v) is 10.1. The molecule has 0 saturated heterocycles. The number of nitrogens with zero attached hydrogens (tertiary/aromatic N) is 1. The lowest BCUT2D eigenvalue weighted by Gasteiger charge is -2.43. The molecule has 1 unspecified atom stereocenters. The molecule has 0 aliphatic heterocycles. The monoisotopic (exact) mass is 416 g/mol. The van der Waals surface area contributed by atoms with Crippen LogP contribution in [-0.4, -0.2) is 10.1 Å². The Morgan fingerprint density at radius 3 is 2.50 bits per heavy atom. The number of allylic oxidation sites excluding steroid dienone is 1. The Balaban J connectivity index is 1.99. The fourth-order valence-corrected chi connectivity index (χ4v) is 5.04. The van der Waals surface area contributed by atoms with Crippen LogP contribution in [0.15, 0.2) is 24.8 Å². The van der Waals surface area contributed by atoms with Gasteiger partial charge in [-0.1, -0.05) is 51.5 Å². The maximum atomic E-state index is 13.3. The van der Waals surface area contributed by atoms with Crippen molar-refractivity contribution in [3.05, 3.63) is 69.5 Å². The van der Waals surface area contributed by atoms with Gasteiger partial charge >= 0.3 is 6.18 Å². The molecule has 0 fully saturated rings. The molecule has 6 heteroatoms. The van der Waals surface area contributed by atoms with Crippen LogP contribution in [0, 0.1) is 5.41 Å². The van der Waals surface area contributed by atoms with Crippen LogP contribution in [0.3, 0.4) is 0 Å². The summed E-state index contributed by atoms with van der Waals surface area (Å²) in [7, 11) is 0. The standard InChI is InChI=1S/C24H25F3NO2/c1-11(2)18-19-16(9-23(4,5)10-17(19)29)28-21-12(3)15-8-13(24(25,26)27)6-7-14(15)22(30)20(18)21/h6-8,12,17,22,30H,1,9-10H2,2-5H3/q-1/t12?,17-,22+/m0/s1. The van der Waals surface area contributed by atoms with Gasteiger partial charge in [0.05, 0.1) is 11.3 Å². The van der Waals surface area contributed by atoms with E-state index < -0.39 is 29.9 Å². The third-order valence-electron chi connectivity index (χ3n) is 6.37. The first-order chi connectivity index (χ1) is 13.8. The smallest absolute Gasteiger partial charge is 0.416 e. The number of fused-ring (bicyclic) bond motifs is 3. The highest BCUT2D eigenvalue weighted by atomic mass is 19.4. The molecular formula is C24H25F3NO2-. The first kappa shape index (κ1) is 21.1. The molecule has 4 rings (SSSR count). The molecule has 160 valence electrons. The number of aliphatic hydroxyl groups excluding tert-OH is 1. The number of halogens is 3. The van der Waals surface area contributed by atoms with E-state index in [2.05, 4.69) is 6.58 Å². The van der Waals surface area contributed by atoms with Crippen LogP contribution in [0.25, 0.3) is 5.57 Å². The van der Waals surface area contributed by atoms with Crippen molar-refractivity contribution in [1.29, 1.82) is 0 Å². The van der Waals surface area contributed by atoms with Crippen molar-refractivity contribution in [2.45, 2.75) is 64.8 Å². The summed E-state index contributed by atoms with van der Waals surface area (Å²) in [6.07, 6.45) is -5.54. The van der Waals surface area contributed by atoms with E-state index in [1.54, 1.807) is 13.8 Å². The number of aliphatic hydroxyl groups is 1. The van der Waals surface area contributed by atoms with Crippen LogP contribution in [0.2, 0.25) is 0 Å². The second-order valence-corrected chi connectivity index (χ2v) is 9.43. The van der Waals surface area contributed by atoms with Crippen molar-refractivity contribution in [2.75, 3.05) is 0 Å². The van der Waals surface area contributed by atoms with Crippen LogP contribution in [0.4, 0.5) is 13.2 Å². The topological polar surface area (TPSA) is 56.2 Å².